The monoisotopic (exact) mass is 514 g/mol. The third-order valence-electron chi connectivity index (χ3n) is 5.65. The highest BCUT2D eigenvalue weighted by Crippen LogP contribution is 2.29. The second-order valence-electron chi connectivity index (χ2n) is 8.40. The molecule has 0 aliphatic heterocycles. The average molecular weight is 515 g/mol. The first-order chi connectivity index (χ1) is 18.7. The third-order valence-corrected chi connectivity index (χ3v) is 5.65. The number of carbonyl (C=O) groups excluding carboxylic acids is 1. The van der Waals surface area contributed by atoms with Crippen molar-refractivity contribution in [1.29, 1.82) is 0 Å². The van der Waals surface area contributed by atoms with Crippen LogP contribution in [0.1, 0.15) is 27.0 Å². The number of rotatable bonds is 14. The number of carbonyl (C=O) groups is 1. The van der Waals surface area contributed by atoms with Gasteiger partial charge in [-0.1, -0.05) is 60.7 Å². The first kappa shape index (κ1) is 26.7. The molecule has 4 rings (SSSR count). The van der Waals surface area contributed by atoms with Crippen molar-refractivity contribution >= 4 is 5.78 Å². The van der Waals surface area contributed by atoms with E-state index >= 15 is 0 Å². The minimum atomic E-state index is -0.286. The van der Waals surface area contributed by atoms with Crippen LogP contribution in [0.2, 0.25) is 0 Å². The summed E-state index contributed by atoms with van der Waals surface area (Å²) in [6.45, 7) is 0.248. The Bertz CT molecular complexity index is 1310. The van der Waals surface area contributed by atoms with Gasteiger partial charge < -0.3 is 28.8 Å². The zero-order valence-corrected chi connectivity index (χ0v) is 21.2. The van der Waals surface area contributed by atoms with Crippen LogP contribution >= 0.6 is 0 Å². The predicted molar refractivity (Wildman–Crippen MR) is 143 cm³/mol. The fraction of sp³-hybridized carbons (Fsp3) is 0.194. The minimum absolute atomic E-state index is 0.0706. The molecule has 38 heavy (non-hydrogen) atoms. The van der Waals surface area contributed by atoms with Gasteiger partial charge in [-0.15, -0.1) is 0 Å². The zero-order valence-electron chi connectivity index (χ0n) is 21.2. The molecule has 7 heteroatoms. The summed E-state index contributed by atoms with van der Waals surface area (Å²) in [5, 5.41) is 9.77. The van der Waals surface area contributed by atoms with Crippen LogP contribution in [0.4, 0.5) is 0 Å². The largest absolute Gasteiger partial charge is 0.489 e. The smallest absolute Gasteiger partial charge is 0.203 e. The maximum absolute atomic E-state index is 13.2. The molecule has 0 saturated carbocycles. The second kappa shape index (κ2) is 13.8. The number of methoxy groups -OCH3 is 1. The molecule has 0 heterocycles. The van der Waals surface area contributed by atoms with Crippen LogP contribution in [-0.4, -0.2) is 31.4 Å². The fourth-order valence-corrected chi connectivity index (χ4v) is 3.66. The Balaban J connectivity index is 1.46. The zero-order chi connectivity index (χ0) is 26.6. The molecule has 0 aromatic heterocycles. The van der Waals surface area contributed by atoms with Crippen LogP contribution in [0.15, 0.2) is 97.1 Å². The Morgan fingerprint density at radius 2 is 1.29 bits per heavy atom. The van der Waals surface area contributed by atoms with E-state index in [1.165, 1.54) is 7.11 Å². The van der Waals surface area contributed by atoms with Gasteiger partial charge in [0.05, 0.1) is 12.2 Å². The van der Waals surface area contributed by atoms with Gasteiger partial charge in [-0.05, 0) is 35.4 Å². The average Bonchev–Trinajstić information content (AvgIpc) is 2.97. The quantitative estimate of drug-likeness (QED) is 0.174. The van der Waals surface area contributed by atoms with Gasteiger partial charge in [0.15, 0.2) is 13.4 Å². The normalized spacial score (nSPS) is 10.6. The topological polar surface area (TPSA) is 83.5 Å². The van der Waals surface area contributed by atoms with E-state index in [1.54, 1.807) is 36.4 Å². The lowest BCUT2D eigenvalue weighted by Gasteiger charge is -2.15. The molecule has 0 spiro atoms. The standard InChI is InChI=1S/C31H30O7/c1-34-22-38-27-14-15-28(31(17-27)36-20-24-10-6-3-7-11-24)29(33)21-37-30-16-26(13-12-25(30)18-32)35-19-23-8-4-2-5-9-23/h2-17,32H,18-22H2,1H3. The molecular weight excluding hydrogens is 484 g/mol. The van der Waals surface area contributed by atoms with Crippen molar-refractivity contribution in [3.63, 3.8) is 0 Å². The molecule has 0 fully saturated rings. The lowest BCUT2D eigenvalue weighted by Crippen LogP contribution is -2.14. The van der Waals surface area contributed by atoms with Gasteiger partial charge in [0, 0.05) is 24.8 Å². The second-order valence-corrected chi connectivity index (χ2v) is 8.40. The van der Waals surface area contributed by atoms with Crippen molar-refractivity contribution < 1.29 is 33.6 Å². The molecule has 0 unspecified atom stereocenters. The maximum atomic E-state index is 13.2. The van der Waals surface area contributed by atoms with Gasteiger partial charge in [0.2, 0.25) is 5.78 Å². The number of aliphatic hydroxyl groups is 1. The number of ketones is 1. The van der Waals surface area contributed by atoms with Crippen LogP contribution in [0.3, 0.4) is 0 Å². The summed E-state index contributed by atoms with van der Waals surface area (Å²) in [5.74, 6) is 1.54. The Hall–Kier alpha value is -4.33. The van der Waals surface area contributed by atoms with Gasteiger partial charge in [0.1, 0.15) is 36.2 Å². The number of hydrogen-bond acceptors (Lipinski definition) is 7. The van der Waals surface area contributed by atoms with E-state index in [-0.39, 0.29) is 32.4 Å². The van der Waals surface area contributed by atoms with E-state index in [9.17, 15) is 9.90 Å². The molecule has 0 atom stereocenters. The summed E-state index contributed by atoms with van der Waals surface area (Å²) in [5.41, 5.74) is 2.89. The van der Waals surface area contributed by atoms with Crippen LogP contribution in [0.25, 0.3) is 0 Å². The highest BCUT2D eigenvalue weighted by atomic mass is 16.7. The van der Waals surface area contributed by atoms with Crippen molar-refractivity contribution in [3.05, 3.63) is 119 Å². The summed E-state index contributed by atoms with van der Waals surface area (Å²) < 4.78 is 28.2. The van der Waals surface area contributed by atoms with Gasteiger partial charge in [-0.25, -0.2) is 0 Å². The summed E-state index contributed by atoms with van der Waals surface area (Å²) in [7, 11) is 1.53. The molecule has 0 radical (unpaired) electrons. The summed E-state index contributed by atoms with van der Waals surface area (Å²) >= 11 is 0. The van der Waals surface area contributed by atoms with Gasteiger partial charge in [-0.3, -0.25) is 4.79 Å². The first-order valence-corrected chi connectivity index (χ1v) is 12.2. The Morgan fingerprint density at radius 3 is 1.95 bits per heavy atom. The van der Waals surface area contributed by atoms with Gasteiger partial charge in [0.25, 0.3) is 0 Å². The molecule has 0 bridgehead atoms. The lowest BCUT2D eigenvalue weighted by atomic mass is 10.1. The third kappa shape index (κ3) is 7.59. The number of Topliss-reactive ketones (excluding diaryl/α,β-unsaturated/α-hetero) is 1. The SMILES string of the molecule is COCOc1ccc(C(=O)COc2cc(OCc3ccccc3)ccc2CO)c(OCc2ccccc2)c1. The predicted octanol–water partition coefficient (Wildman–Crippen LogP) is 5.58. The fourth-order valence-electron chi connectivity index (χ4n) is 3.66. The molecule has 0 saturated heterocycles. The number of benzene rings is 4. The molecule has 4 aromatic carbocycles. The highest BCUT2D eigenvalue weighted by Gasteiger charge is 2.17. The lowest BCUT2D eigenvalue weighted by molar-refractivity contribution is 0.0509. The summed E-state index contributed by atoms with van der Waals surface area (Å²) in [4.78, 5) is 13.2. The van der Waals surface area contributed by atoms with E-state index in [4.69, 9.17) is 23.7 Å². The Morgan fingerprint density at radius 1 is 0.684 bits per heavy atom. The number of ether oxygens (including phenoxy) is 5. The Kier molecular flexibility index (Phi) is 9.73. The minimum Gasteiger partial charge on any atom is -0.489 e. The van der Waals surface area contributed by atoms with Crippen LogP contribution < -0.4 is 18.9 Å². The number of aliphatic hydroxyl groups excluding tert-OH is 1. The molecule has 4 aromatic rings. The van der Waals surface area contributed by atoms with Crippen molar-refractivity contribution in [2.75, 3.05) is 20.5 Å². The van der Waals surface area contributed by atoms with Crippen molar-refractivity contribution in [3.8, 4) is 23.0 Å². The van der Waals surface area contributed by atoms with E-state index in [0.29, 0.717) is 40.7 Å². The van der Waals surface area contributed by atoms with Crippen molar-refractivity contribution in [1.82, 2.24) is 0 Å². The molecule has 1 N–H and O–H groups in total. The first-order valence-electron chi connectivity index (χ1n) is 12.2. The van der Waals surface area contributed by atoms with E-state index in [0.717, 1.165) is 11.1 Å². The molecule has 0 aliphatic carbocycles. The van der Waals surface area contributed by atoms with Crippen molar-refractivity contribution in [2.24, 2.45) is 0 Å². The Labute approximate surface area is 222 Å². The molecule has 7 nitrogen and oxygen atoms in total. The molecule has 196 valence electrons. The molecule has 0 aliphatic rings. The summed E-state index contributed by atoms with van der Waals surface area (Å²) in [6.07, 6.45) is 0. The van der Waals surface area contributed by atoms with E-state index in [2.05, 4.69) is 0 Å². The number of hydrogen-bond donors (Lipinski definition) is 1. The van der Waals surface area contributed by atoms with Crippen molar-refractivity contribution in [2.45, 2.75) is 19.8 Å². The van der Waals surface area contributed by atoms with Gasteiger partial charge >= 0.3 is 0 Å². The highest BCUT2D eigenvalue weighted by molar-refractivity contribution is 6.00. The van der Waals surface area contributed by atoms with Crippen LogP contribution in [-0.2, 0) is 24.6 Å². The van der Waals surface area contributed by atoms with Crippen LogP contribution in [0.5, 0.6) is 23.0 Å². The molecular formula is C31H30O7. The molecule has 0 amide bonds. The van der Waals surface area contributed by atoms with E-state index < -0.39 is 0 Å². The van der Waals surface area contributed by atoms with Crippen LogP contribution in [0, 0.1) is 0 Å². The van der Waals surface area contributed by atoms with Gasteiger partial charge in [-0.2, -0.15) is 0 Å². The summed E-state index contributed by atoms with van der Waals surface area (Å²) in [6, 6.07) is 29.6. The maximum Gasteiger partial charge on any atom is 0.203 e. The van der Waals surface area contributed by atoms with E-state index in [1.807, 2.05) is 60.7 Å².